The zero-order valence-corrected chi connectivity index (χ0v) is 18.5. The molecule has 6 nitrogen and oxygen atoms in total. The molecule has 0 fully saturated rings. The number of hydrogen-bond acceptors (Lipinski definition) is 5. The Labute approximate surface area is 196 Å². The summed E-state index contributed by atoms with van der Waals surface area (Å²) in [6.45, 7) is 0. The summed E-state index contributed by atoms with van der Waals surface area (Å²) in [5.41, 5.74) is 1.47. The quantitative estimate of drug-likeness (QED) is 0.260. The molecule has 0 aliphatic rings. The average Bonchev–Trinajstić information content (AvgIpc) is 3.19. The molecule has 2 aromatic heterocycles. The molecule has 0 aliphatic carbocycles. The van der Waals surface area contributed by atoms with Crippen LogP contribution in [0.5, 0.6) is 0 Å². The number of carbonyl (C=O) groups is 1. The number of thioether (sulfide) groups is 1. The highest BCUT2D eigenvalue weighted by molar-refractivity contribution is 7.99. The molecule has 0 bridgehead atoms. The first-order valence-corrected chi connectivity index (χ1v) is 11.2. The first kappa shape index (κ1) is 21.2. The van der Waals surface area contributed by atoms with E-state index in [1.54, 1.807) is 36.4 Å². The van der Waals surface area contributed by atoms with Crippen molar-refractivity contribution < 1.29 is 13.6 Å². The van der Waals surface area contributed by atoms with Crippen molar-refractivity contribution in [3.63, 3.8) is 0 Å². The normalized spacial score (nSPS) is 11.2. The second-order valence-corrected chi connectivity index (χ2v) is 8.45. The predicted octanol–water partition coefficient (Wildman–Crippen LogP) is 5.66. The van der Waals surface area contributed by atoms with Crippen LogP contribution in [-0.2, 0) is 4.79 Å². The number of anilines is 1. The van der Waals surface area contributed by atoms with Crippen LogP contribution in [0.4, 0.5) is 10.1 Å². The molecule has 0 radical (unpaired) electrons. The highest BCUT2D eigenvalue weighted by Gasteiger charge is 2.20. The Morgan fingerprint density at radius 2 is 1.79 bits per heavy atom. The minimum Gasteiger partial charge on any atom is -0.448 e. The van der Waals surface area contributed by atoms with E-state index >= 15 is 0 Å². The highest BCUT2D eigenvalue weighted by Crippen LogP contribution is 2.29. The van der Waals surface area contributed by atoms with Crippen LogP contribution in [0.3, 0.4) is 0 Å². The maximum atomic E-state index is 13.5. The van der Waals surface area contributed by atoms with Crippen molar-refractivity contribution in [3.8, 4) is 5.69 Å². The summed E-state index contributed by atoms with van der Waals surface area (Å²) in [6.07, 6.45) is 0. The van der Waals surface area contributed by atoms with E-state index in [0.717, 1.165) is 11.8 Å². The molecular weight excluding hydrogens is 465 g/mol. The Morgan fingerprint density at radius 3 is 2.58 bits per heavy atom. The molecule has 33 heavy (non-hydrogen) atoms. The first-order valence-electron chi connectivity index (χ1n) is 9.88. The molecule has 1 amide bonds. The van der Waals surface area contributed by atoms with Crippen LogP contribution in [0.1, 0.15) is 0 Å². The summed E-state index contributed by atoms with van der Waals surface area (Å²) >= 11 is 7.19. The summed E-state index contributed by atoms with van der Waals surface area (Å²) in [7, 11) is 0. The molecule has 164 valence electrons. The number of amides is 1. The second-order valence-electron chi connectivity index (χ2n) is 7.10. The molecule has 9 heteroatoms. The van der Waals surface area contributed by atoms with Gasteiger partial charge in [0.05, 0.1) is 22.2 Å². The molecule has 5 aromatic rings. The zero-order chi connectivity index (χ0) is 22.9. The molecular formula is C24H15ClFN3O3S. The van der Waals surface area contributed by atoms with Crippen molar-refractivity contribution in [1.29, 1.82) is 0 Å². The van der Waals surface area contributed by atoms with Gasteiger partial charge in [0.15, 0.2) is 5.16 Å². The van der Waals surface area contributed by atoms with Gasteiger partial charge in [-0.2, -0.15) is 0 Å². The lowest BCUT2D eigenvalue weighted by atomic mass is 10.2. The molecule has 2 heterocycles. The number of nitrogens with one attached hydrogen (secondary N) is 1. The van der Waals surface area contributed by atoms with Crippen LogP contribution in [0, 0.1) is 5.82 Å². The largest absolute Gasteiger partial charge is 0.448 e. The molecule has 0 saturated carbocycles. The molecule has 0 saturated heterocycles. The van der Waals surface area contributed by atoms with Crippen molar-refractivity contribution in [2.24, 2.45) is 0 Å². The number of benzene rings is 3. The van der Waals surface area contributed by atoms with E-state index in [-0.39, 0.29) is 22.4 Å². The van der Waals surface area contributed by atoms with Gasteiger partial charge in [0.1, 0.15) is 16.9 Å². The Morgan fingerprint density at radius 1 is 1.06 bits per heavy atom. The van der Waals surface area contributed by atoms with E-state index in [0.29, 0.717) is 32.9 Å². The zero-order valence-electron chi connectivity index (χ0n) is 16.9. The molecule has 3 aromatic carbocycles. The third-order valence-corrected chi connectivity index (χ3v) is 6.20. The minimum atomic E-state index is -0.447. The van der Waals surface area contributed by atoms with Gasteiger partial charge in [-0.25, -0.2) is 9.37 Å². The monoisotopic (exact) mass is 479 g/mol. The minimum absolute atomic E-state index is 0.0276. The van der Waals surface area contributed by atoms with Gasteiger partial charge < -0.3 is 9.73 Å². The van der Waals surface area contributed by atoms with Crippen LogP contribution in [-0.4, -0.2) is 21.2 Å². The number of rotatable bonds is 5. The lowest BCUT2D eigenvalue weighted by Gasteiger charge is -2.12. The number of halogens is 2. The van der Waals surface area contributed by atoms with Crippen LogP contribution < -0.4 is 10.9 Å². The van der Waals surface area contributed by atoms with Gasteiger partial charge in [0.2, 0.25) is 11.5 Å². The predicted molar refractivity (Wildman–Crippen MR) is 128 cm³/mol. The maximum absolute atomic E-state index is 13.5. The van der Waals surface area contributed by atoms with Crippen LogP contribution in [0.2, 0.25) is 5.02 Å². The van der Waals surface area contributed by atoms with Gasteiger partial charge in [-0.05, 0) is 48.5 Å². The number of para-hydroxylation sites is 2. The van der Waals surface area contributed by atoms with Crippen LogP contribution >= 0.6 is 23.4 Å². The third kappa shape index (κ3) is 4.10. The summed E-state index contributed by atoms with van der Waals surface area (Å²) in [4.78, 5) is 30.6. The van der Waals surface area contributed by atoms with Crippen molar-refractivity contribution in [1.82, 2.24) is 9.55 Å². The third-order valence-electron chi connectivity index (χ3n) is 4.93. The highest BCUT2D eigenvalue weighted by atomic mass is 35.5. The Bertz CT molecular complexity index is 1560. The van der Waals surface area contributed by atoms with E-state index < -0.39 is 11.4 Å². The maximum Gasteiger partial charge on any atom is 0.302 e. The lowest BCUT2D eigenvalue weighted by Crippen LogP contribution is -2.22. The van der Waals surface area contributed by atoms with Gasteiger partial charge in [0.25, 0.3) is 0 Å². The number of nitrogens with zero attached hydrogens (tertiary/aromatic N) is 2. The van der Waals surface area contributed by atoms with Gasteiger partial charge >= 0.3 is 5.56 Å². The fourth-order valence-electron chi connectivity index (χ4n) is 3.42. The summed E-state index contributed by atoms with van der Waals surface area (Å²) in [5.74, 6) is -0.775. The van der Waals surface area contributed by atoms with Gasteiger partial charge in [-0.1, -0.05) is 47.6 Å². The van der Waals surface area contributed by atoms with E-state index in [1.165, 1.54) is 28.8 Å². The molecule has 0 atom stereocenters. The van der Waals surface area contributed by atoms with E-state index in [4.69, 9.17) is 16.0 Å². The van der Waals surface area contributed by atoms with Crippen molar-refractivity contribution in [3.05, 3.63) is 94.0 Å². The first-order chi connectivity index (χ1) is 16.0. The standard InChI is InChI=1S/C24H15ClFN3O3S/c25-17-6-2-3-7-18(17)27-20(30)13-33-24-28-21-16-5-1-4-8-19(16)32-22(21)23(31)29(24)15-11-9-14(26)10-12-15/h1-12H,13H2,(H,27,30). The number of carbonyl (C=O) groups excluding carboxylic acids is 1. The Hall–Kier alpha value is -3.62. The summed E-state index contributed by atoms with van der Waals surface area (Å²) in [6, 6.07) is 19.6. The second kappa shape index (κ2) is 8.73. The molecule has 0 aliphatic heterocycles. The molecule has 1 N–H and O–H groups in total. The van der Waals surface area contributed by atoms with E-state index in [1.807, 2.05) is 12.1 Å². The van der Waals surface area contributed by atoms with Gasteiger partial charge in [-0.15, -0.1) is 0 Å². The molecule has 0 spiro atoms. The lowest BCUT2D eigenvalue weighted by molar-refractivity contribution is -0.113. The smallest absolute Gasteiger partial charge is 0.302 e. The van der Waals surface area contributed by atoms with E-state index in [2.05, 4.69) is 10.3 Å². The Kier molecular flexibility index (Phi) is 5.62. The number of furan rings is 1. The molecule has 0 unspecified atom stereocenters. The van der Waals surface area contributed by atoms with E-state index in [9.17, 15) is 14.0 Å². The Balaban J connectivity index is 1.57. The number of hydrogen-bond donors (Lipinski definition) is 1. The summed E-state index contributed by atoms with van der Waals surface area (Å²) < 4.78 is 20.6. The van der Waals surface area contributed by atoms with Crippen molar-refractivity contribution >= 4 is 57.0 Å². The van der Waals surface area contributed by atoms with Crippen LogP contribution in [0.15, 0.2) is 87.2 Å². The van der Waals surface area contributed by atoms with Crippen LogP contribution in [0.25, 0.3) is 27.8 Å². The average molecular weight is 480 g/mol. The van der Waals surface area contributed by atoms with Gasteiger partial charge in [0, 0.05) is 5.39 Å². The number of fused-ring (bicyclic) bond motifs is 3. The molecule has 5 rings (SSSR count). The number of aromatic nitrogens is 2. The SMILES string of the molecule is O=C(CSc1nc2c(oc3ccccc32)c(=O)n1-c1ccc(F)cc1)Nc1ccccc1Cl. The topological polar surface area (TPSA) is 77.1 Å². The van der Waals surface area contributed by atoms with Gasteiger partial charge in [-0.3, -0.25) is 14.2 Å². The fourth-order valence-corrected chi connectivity index (χ4v) is 4.40. The van der Waals surface area contributed by atoms with Crippen molar-refractivity contribution in [2.45, 2.75) is 5.16 Å². The fraction of sp³-hybridized carbons (Fsp3) is 0.0417. The van der Waals surface area contributed by atoms with Crippen molar-refractivity contribution in [2.75, 3.05) is 11.1 Å². The summed E-state index contributed by atoms with van der Waals surface area (Å²) in [5, 5.41) is 4.14.